The smallest absolute Gasteiger partial charge is 0.134 e. The summed E-state index contributed by atoms with van der Waals surface area (Å²) in [5.74, 6) is 2.89. The van der Waals surface area contributed by atoms with Gasteiger partial charge in [-0.2, -0.15) is 0 Å². The molecule has 140 valence electrons. The van der Waals surface area contributed by atoms with Gasteiger partial charge in [0.15, 0.2) is 0 Å². The molecule has 0 atom stereocenters. The Morgan fingerprint density at radius 1 is 0.923 bits per heavy atom. The maximum Gasteiger partial charge on any atom is 0.134 e. The van der Waals surface area contributed by atoms with E-state index in [0.717, 1.165) is 83.0 Å². The van der Waals surface area contributed by atoms with E-state index < -0.39 is 0 Å². The van der Waals surface area contributed by atoms with Crippen LogP contribution in [0.25, 0.3) is 0 Å². The Hall–Kier alpha value is -2.26. The van der Waals surface area contributed by atoms with Crippen LogP contribution in [0.5, 0.6) is 0 Å². The number of aryl methyl sites for hydroxylation is 1. The molecule has 0 radical (unpaired) electrons. The number of hydrogen-bond donors (Lipinski definition) is 0. The van der Waals surface area contributed by atoms with Crippen molar-refractivity contribution in [3.05, 3.63) is 24.3 Å². The van der Waals surface area contributed by atoms with E-state index in [2.05, 4.69) is 41.0 Å². The highest BCUT2D eigenvalue weighted by molar-refractivity contribution is 5.51. The molecule has 0 unspecified atom stereocenters. The second-order valence-corrected chi connectivity index (χ2v) is 6.73. The summed E-state index contributed by atoms with van der Waals surface area (Å²) in [5.41, 5.74) is 0. The highest BCUT2D eigenvalue weighted by Gasteiger charge is 2.20. The average molecular weight is 358 g/mol. The molecule has 2 aliphatic rings. The number of piperazine rings is 1. The maximum absolute atomic E-state index is 5.45. The van der Waals surface area contributed by atoms with Gasteiger partial charge in [0.05, 0.1) is 26.0 Å². The lowest BCUT2D eigenvalue weighted by molar-refractivity contribution is 0.122. The van der Waals surface area contributed by atoms with Gasteiger partial charge in [-0.1, -0.05) is 5.21 Å². The topological polar surface area (TPSA) is 75.4 Å². The van der Waals surface area contributed by atoms with Crippen molar-refractivity contribution in [3.8, 4) is 0 Å². The molecule has 0 aliphatic carbocycles. The van der Waals surface area contributed by atoms with Gasteiger partial charge in [-0.25, -0.2) is 9.97 Å². The Bertz CT molecular complexity index is 693. The van der Waals surface area contributed by atoms with Crippen LogP contribution in [0, 0.1) is 6.92 Å². The first kappa shape index (κ1) is 17.2. The third-order valence-electron chi connectivity index (χ3n) is 4.96. The van der Waals surface area contributed by atoms with E-state index in [1.54, 1.807) is 6.20 Å². The molecule has 2 saturated heterocycles. The molecule has 26 heavy (non-hydrogen) atoms. The molecule has 0 N–H and O–H groups in total. The zero-order chi connectivity index (χ0) is 17.8. The Labute approximate surface area is 153 Å². The molecule has 9 nitrogen and oxygen atoms in total. The lowest BCUT2D eigenvalue weighted by atomic mass is 10.3. The van der Waals surface area contributed by atoms with Crippen LogP contribution >= 0.6 is 0 Å². The first-order valence-corrected chi connectivity index (χ1v) is 9.28. The lowest BCUT2D eigenvalue weighted by Crippen LogP contribution is -2.47. The van der Waals surface area contributed by atoms with Crippen LogP contribution in [0.4, 0.5) is 11.6 Å². The van der Waals surface area contributed by atoms with Crippen LogP contribution in [0.1, 0.15) is 5.82 Å². The van der Waals surface area contributed by atoms with Crippen LogP contribution in [0.2, 0.25) is 0 Å². The van der Waals surface area contributed by atoms with Crippen LogP contribution in [0.3, 0.4) is 0 Å². The molecule has 9 heteroatoms. The SMILES string of the molecule is Cc1nc(N2CCOCC2)cc(N2CCN(CCn3ccnn3)CC2)n1. The summed E-state index contributed by atoms with van der Waals surface area (Å²) >= 11 is 0. The summed E-state index contributed by atoms with van der Waals surface area (Å²) in [4.78, 5) is 16.4. The molecule has 0 aromatic carbocycles. The van der Waals surface area contributed by atoms with E-state index in [0.29, 0.717) is 0 Å². The third kappa shape index (κ3) is 4.10. The van der Waals surface area contributed by atoms with Crippen LogP contribution in [-0.2, 0) is 11.3 Å². The molecule has 0 bridgehead atoms. The molecule has 2 fully saturated rings. The van der Waals surface area contributed by atoms with Crippen LogP contribution in [-0.4, -0.2) is 88.9 Å². The van der Waals surface area contributed by atoms with E-state index in [9.17, 15) is 0 Å². The molecule has 0 spiro atoms. The maximum atomic E-state index is 5.45. The summed E-state index contributed by atoms with van der Waals surface area (Å²) in [6.07, 6.45) is 3.63. The van der Waals surface area contributed by atoms with E-state index in [4.69, 9.17) is 4.74 Å². The quantitative estimate of drug-likeness (QED) is 0.741. The van der Waals surface area contributed by atoms with Crippen molar-refractivity contribution in [1.29, 1.82) is 0 Å². The number of rotatable bonds is 5. The molecule has 2 aromatic heterocycles. The number of nitrogens with zero attached hydrogens (tertiary/aromatic N) is 8. The Kier molecular flexibility index (Phi) is 5.26. The van der Waals surface area contributed by atoms with Gasteiger partial charge in [0.1, 0.15) is 17.5 Å². The second-order valence-electron chi connectivity index (χ2n) is 6.73. The fourth-order valence-electron chi connectivity index (χ4n) is 3.45. The Balaban J connectivity index is 1.35. The zero-order valence-corrected chi connectivity index (χ0v) is 15.3. The zero-order valence-electron chi connectivity index (χ0n) is 15.3. The van der Waals surface area contributed by atoms with Gasteiger partial charge in [-0.05, 0) is 6.92 Å². The molecule has 2 aromatic rings. The third-order valence-corrected chi connectivity index (χ3v) is 4.96. The molecular formula is C17H26N8O. The van der Waals surface area contributed by atoms with Crippen molar-refractivity contribution < 1.29 is 4.74 Å². The minimum absolute atomic E-state index is 0.767. The van der Waals surface area contributed by atoms with Gasteiger partial charge in [-0.3, -0.25) is 9.58 Å². The summed E-state index contributed by atoms with van der Waals surface area (Å²) < 4.78 is 7.33. The lowest BCUT2D eigenvalue weighted by Gasteiger charge is -2.36. The summed E-state index contributed by atoms with van der Waals surface area (Å²) in [7, 11) is 0. The molecule has 2 aliphatic heterocycles. The standard InChI is InChI=1S/C17H26N8O/c1-15-19-16(14-17(20-15)24-10-12-26-13-11-24)23-7-4-22(5-8-23)6-9-25-3-2-18-21-25/h2-3,14H,4-13H2,1H3. The number of aromatic nitrogens is 5. The van der Waals surface area contributed by atoms with Crippen molar-refractivity contribution in [3.63, 3.8) is 0 Å². The Morgan fingerprint density at radius 2 is 1.62 bits per heavy atom. The largest absolute Gasteiger partial charge is 0.378 e. The van der Waals surface area contributed by atoms with E-state index >= 15 is 0 Å². The summed E-state index contributed by atoms with van der Waals surface area (Å²) in [6, 6.07) is 2.13. The van der Waals surface area contributed by atoms with Gasteiger partial charge >= 0.3 is 0 Å². The molecule has 4 rings (SSSR count). The molecule has 4 heterocycles. The monoisotopic (exact) mass is 358 g/mol. The van der Waals surface area contributed by atoms with Gasteiger partial charge in [0.25, 0.3) is 0 Å². The fraction of sp³-hybridized carbons (Fsp3) is 0.647. The van der Waals surface area contributed by atoms with E-state index in [-0.39, 0.29) is 0 Å². The van der Waals surface area contributed by atoms with Crippen molar-refractivity contribution >= 4 is 11.6 Å². The molecule has 0 saturated carbocycles. The minimum atomic E-state index is 0.767. The number of anilines is 2. The van der Waals surface area contributed by atoms with Crippen molar-refractivity contribution in [1.82, 2.24) is 29.9 Å². The first-order valence-electron chi connectivity index (χ1n) is 9.28. The predicted octanol–water partition coefficient (Wildman–Crippen LogP) is 0.0353. The van der Waals surface area contributed by atoms with E-state index in [1.807, 2.05) is 17.8 Å². The molecular weight excluding hydrogens is 332 g/mol. The number of morpholine rings is 1. The van der Waals surface area contributed by atoms with Gasteiger partial charge in [0, 0.05) is 58.1 Å². The summed E-state index contributed by atoms with van der Waals surface area (Å²) in [5, 5.41) is 7.88. The van der Waals surface area contributed by atoms with Gasteiger partial charge in [0.2, 0.25) is 0 Å². The first-order chi connectivity index (χ1) is 12.8. The van der Waals surface area contributed by atoms with Crippen molar-refractivity contribution in [2.75, 3.05) is 68.8 Å². The summed E-state index contributed by atoms with van der Waals surface area (Å²) in [6.45, 7) is 11.2. The second kappa shape index (κ2) is 7.96. The fourth-order valence-corrected chi connectivity index (χ4v) is 3.45. The van der Waals surface area contributed by atoms with Crippen LogP contribution < -0.4 is 9.80 Å². The average Bonchev–Trinajstić information content (AvgIpc) is 3.21. The van der Waals surface area contributed by atoms with Crippen molar-refractivity contribution in [2.24, 2.45) is 0 Å². The normalized spacial score (nSPS) is 19.1. The van der Waals surface area contributed by atoms with Crippen LogP contribution in [0.15, 0.2) is 18.5 Å². The predicted molar refractivity (Wildman–Crippen MR) is 98.5 cm³/mol. The highest BCUT2D eigenvalue weighted by Crippen LogP contribution is 2.21. The van der Waals surface area contributed by atoms with Crippen molar-refractivity contribution in [2.45, 2.75) is 13.5 Å². The number of hydrogen-bond acceptors (Lipinski definition) is 8. The van der Waals surface area contributed by atoms with E-state index in [1.165, 1.54) is 0 Å². The van der Waals surface area contributed by atoms with Gasteiger partial charge in [-0.15, -0.1) is 5.10 Å². The Morgan fingerprint density at radius 3 is 2.27 bits per heavy atom. The molecule has 0 amide bonds. The van der Waals surface area contributed by atoms with Gasteiger partial charge < -0.3 is 14.5 Å². The number of ether oxygens (including phenoxy) is 1. The highest BCUT2D eigenvalue weighted by atomic mass is 16.5. The minimum Gasteiger partial charge on any atom is -0.378 e.